The van der Waals surface area contributed by atoms with Crippen molar-refractivity contribution in [1.82, 2.24) is 19.4 Å². The van der Waals surface area contributed by atoms with Gasteiger partial charge >= 0.3 is 12.2 Å². The highest BCUT2D eigenvalue weighted by Crippen LogP contribution is 2.40. The summed E-state index contributed by atoms with van der Waals surface area (Å²) in [6.07, 6.45) is -1.05. The van der Waals surface area contributed by atoms with Gasteiger partial charge in [-0.15, -0.1) is 0 Å². The number of aromatic nitrogens is 3. The zero-order valence-electron chi connectivity index (χ0n) is 17.7. The summed E-state index contributed by atoms with van der Waals surface area (Å²) in [7, 11) is 0. The molecule has 4 heterocycles. The number of hydrogen-bond donors (Lipinski definition) is 2. The maximum absolute atomic E-state index is 14.1. The minimum Gasteiger partial charge on any atom is -0.465 e. The highest BCUT2D eigenvalue weighted by Gasteiger charge is 2.33. The predicted molar refractivity (Wildman–Crippen MR) is 118 cm³/mol. The molecule has 0 radical (unpaired) electrons. The van der Waals surface area contributed by atoms with Crippen molar-refractivity contribution in [1.29, 1.82) is 0 Å². The molecule has 170 valence electrons. The van der Waals surface area contributed by atoms with Crippen molar-refractivity contribution >= 4 is 18.0 Å². The van der Waals surface area contributed by atoms with E-state index >= 15 is 0 Å². The highest BCUT2D eigenvalue weighted by molar-refractivity contribution is 5.91. The summed E-state index contributed by atoms with van der Waals surface area (Å²) in [6, 6.07) is 11.3. The number of pyridine rings is 1. The Hall–Kier alpha value is -3.95. The second-order valence-electron chi connectivity index (χ2n) is 8.16. The predicted octanol–water partition coefficient (Wildman–Crippen LogP) is 3.72. The number of rotatable bonds is 3. The largest absolute Gasteiger partial charge is 0.465 e. The fourth-order valence-corrected chi connectivity index (χ4v) is 4.58. The zero-order valence-corrected chi connectivity index (χ0v) is 17.7. The number of hydrogen-bond acceptors (Lipinski definition) is 5. The van der Waals surface area contributed by atoms with Gasteiger partial charge in [0.05, 0.1) is 30.0 Å². The van der Waals surface area contributed by atoms with E-state index in [9.17, 15) is 24.2 Å². The second kappa shape index (κ2) is 8.19. The Bertz CT molecular complexity index is 1230. The van der Waals surface area contributed by atoms with Crippen molar-refractivity contribution in [3.05, 3.63) is 54.0 Å². The molecule has 2 aliphatic rings. The molecule has 0 spiro atoms. The SMILES string of the molecule is O=C(O)N1CCc2nc(-c3c(-c4ccccc4)ccnc3N3CCC(F)C3)n(C(=O)O)c2C1. The van der Waals surface area contributed by atoms with E-state index in [0.717, 1.165) is 15.7 Å². The van der Waals surface area contributed by atoms with Gasteiger partial charge in [-0.1, -0.05) is 30.3 Å². The van der Waals surface area contributed by atoms with Gasteiger partial charge in [0.2, 0.25) is 0 Å². The average Bonchev–Trinajstić information content (AvgIpc) is 3.42. The summed E-state index contributed by atoms with van der Waals surface area (Å²) in [5.74, 6) is 0.639. The average molecular weight is 451 g/mol. The van der Waals surface area contributed by atoms with Crippen molar-refractivity contribution in [2.45, 2.75) is 25.6 Å². The van der Waals surface area contributed by atoms with Gasteiger partial charge in [0, 0.05) is 25.7 Å². The van der Waals surface area contributed by atoms with Gasteiger partial charge in [0.25, 0.3) is 0 Å². The van der Waals surface area contributed by atoms with E-state index in [1.54, 1.807) is 12.3 Å². The van der Waals surface area contributed by atoms with Gasteiger partial charge in [0.1, 0.15) is 12.0 Å². The molecule has 9 nitrogen and oxygen atoms in total. The molecule has 0 saturated carbocycles. The van der Waals surface area contributed by atoms with Gasteiger partial charge in [0.15, 0.2) is 5.82 Å². The van der Waals surface area contributed by atoms with E-state index in [1.807, 2.05) is 35.2 Å². The number of benzene rings is 1. The molecule has 1 fully saturated rings. The number of halogens is 1. The molecule has 0 aliphatic carbocycles. The van der Waals surface area contributed by atoms with Crippen molar-refractivity contribution in [3.8, 4) is 22.5 Å². The quantitative estimate of drug-likeness (QED) is 0.624. The lowest BCUT2D eigenvalue weighted by molar-refractivity contribution is 0.137. The number of nitrogens with zero attached hydrogens (tertiary/aromatic N) is 5. The van der Waals surface area contributed by atoms with Crippen LogP contribution >= 0.6 is 0 Å². The molecule has 33 heavy (non-hydrogen) atoms. The minimum atomic E-state index is -1.26. The molecule has 2 aromatic heterocycles. The third kappa shape index (κ3) is 3.67. The number of alkyl halides is 1. The Morgan fingerprint density at radius 1 is 1.06 bits per heavy atom. The van der Waals surface area contributed by atoms with Crippen LogP contribution in [0.3, 0.4) is 0 Å². The van der Waals surface area contributed by atoms with E-state index in [2.05, 4.69) is 9.97 Å². The first-order valence-corrected chi connectivity index (χ1v) is 10.7. The van der Waals surface area contributed by atoms with E-state index in [-0.39, 0.29) is 25.5 Å². The van der Waals surface area contributed by atoms with Gasteiger partial charge in [-0.3, -0.25) is 0 Å². The summed E-state index contributed by atoms with van der Waals surface area (Å²) in [4.78, 5) is 36.1. The topological polar surface area (TPSA) is 112 Å². The molecular formula is C23H22FN5O4. The fourth-order valence-electron chi connectivity index (χ4n) is 4.58. The number of amides is 1. The van der Waals surface area contributed by atoms with E-state index in [1.165, 1.54) is 4.90 Å². The number of carbonyl (C=O) groups is 2. The molecule has 3 aromatic rings. The first-order valence-electron chi connectivity index (χ1n) is 10.7. The van der Waals surface area contributed by atoms with Gasteiger partial charge < -0.3 is 20.0 Å². The fraction of sp³-hybridized carbons (Fsp3) is 0.304. The van der Waals surface area contributed by atoms with Gasteiger partial charge in [-0.25, -0.2) is 28.5 Å². The van der Waals surface area contributed by atoms with Crippen LogP contribution in [0.1, 0.15) is 17.8 Å². The molecule has 1 amide bonds. The van der Waals surface area contributed by atoms with Gasteiger partial charge in [-0.2, -0.15) is 0 Å². The van der Waals surface area contributed by atoms with Crippen LogP contribution in [-0.2, 0) is 13.0 Å². The Labute approximate surface area is 188 Å². The third-order valence-corrected chi connectivity index (χ3v) is 6.15. The van der Waals surface area contributed by atoms with Crippen molar-refractivity contribution in [2.75, 3.05) is 24.5 Å². The molecule has 2 N–H and O–H groups in total. The first kappa shape index (κ1) is 20.9. The summed E-state index contributed by atoms with van der Waals surface area (Å²) in [6.45, 7) is 0.786. The molecular weight excluding hydrogens is 429 g/mol. The Morgan fingerprint density at radius 2 is 1.85 bits per heavy atom. The van der Waals surface area contributed by atoms with Crippen LogP contribution in [-0.4, -0.2) is 67.6 Å². The van der Waals surface area contributed by atoms with E-state index in [4.69, 9.17) is 0 Å². The monoisotopic (exact) mass is 451 g/mol. The maximum atomic E-state index is 14.1. The smallest absolute Gasteiger partial charge is 0.417 e. The van der Waals surface area contributed by atoms with Crippen LogP contribution in [0.5, 0.6) is 0 Å². The van der Waals surface area contributed by atoms with Crippen LogP contribution in [0, 0.1) is 0 Å². The second-order valence-corrected chi connectivity index (χ2v) is 8.16. The van der Waals surface area contributed by atoms with E-state index in [0.29, 0.717) is 42.2 Å². The Morgan fingerprint density at radius 3 is 2.52 bits per heavy atom. The van der Waals surface area contributed by atoms with Gasteiger partial charge in [-0.05, 0) is 23.6 Å². The van der Waals surface area contributed by atoms with Crippen molar-refractivity contribution < 1.29 is 24.2 Å². The van der Waals surface area contributed by atoms with Crippen molar-refractivity contribution in [3.63, 3.8) is 0 Å². The summed E-state index contributed by atoms with van der Waals surface area (Å²) in [5.41, 5.74) is 2.93. The zero-order chi connectivity index (χ0) is 23.1. The number of carboxylic acid groups (broad SMARTS) is 2. The molecule has 2 aliphatic heterocycles. The summed E-state index contributed by atoms with van der Waals surface area (Å²) >= 11 is 0. The third-order valence-electron chi connectivity index (χ3n) is 6.15. The molecule has 10 heteroatoms. The first-order chi connectivity index (χ1) is 15.9. The van der Waals surface area contributed by atoms with Crippen LogP contribution in [0.2, 0.25) is 0 Å². The lowest BCUT2D eigenvalue weighted by atomic mass is 10.00. The highest BCUT2D eigenvalue weighted by atomic mass is 19.1. The van der Waals surface area contributed by atoms with E-state index < -0.39 is 18.4 Å². The Kier molecular flexibility index (Phi) is 5.20. The summed E-state index contributed by atoms with van der Waals surface area (Å²) in [5, 5.41) is 19.5. The van der Waals surface area contributed by atoms with Crippen LogP contribution in [0.15, 0.2) is 42.6 Å². The normalized spacial score (nSPS) is 17.8. The molecule has 0 bridgehead atoms. The number of anilines is 1. The summed E-state index contributed by atoms with van der Waals surface area (Å²) < 4.78 is 15.1. The van der Waals surface area contributed by atoms with Crippen LogP contribution < -0.4 is 4.90 Å². The number of imidazole rings is 1. The molecule has 1 unspecified atom stereocenters. The van der Waals surface area contributed by atoms with Crippen LogP contribution in [0.4, 0.5) is 19.8 Å². The standard InChI is InChI=1S/C23H22FN5O4/c24-15-7-10-27(12-15)20-19(16(6-9-25-20)14-4-2-1-3-5-14)21-26-17-8-11-28(22(30)31)13-18(17)29(21)23(32)33/h1-6,9,15H,7-8,10-13H2,(H,30,31)(H,32,33). The molecule has 1 atom stereocenters. The van der Waals surface area contributed by atoms with Crippen LogP contribution in [0.25, 0.3) is 22.5 Å². The lowest BCUT2D eigenvalue weighted by Gasteiger charge is -2.24. The lowest BCUT2D eigenvalue weighted by Crippen LogP contribution is -2.36. The minimum absolute atomic E-state index is 0.0729. The Balaban J connectivity index is 1.75. The van der Waals surface area contributed by atoms with Crippen molar-refractivity contribution in [2.24, 2.45) is 0 Å². The molecule has 1 aromatic carbocycles. The number of fused-ring (bicyclic) bond motifs is 1. The maximum Gasteiger partial charge on any atom is 0.417 e. The molecule has 1 saturated heterocycles. The molecule has 5 rings (SSSR count).